The summed E-state index contributed by atoms with van der Waals surface area (Å²) in [4.78, 5) is 0. The number of hydrogen-bond donors (Lipinski definition) is 2. The number of aliphatic hydroxyl groups is 1. The van der Waals surface area contributed by atoms with E-state index in [1.807, 2.05) is 0 Å². The SMILES string of the molecule is CC(C)(C)c1ccc2c(c1)[C@H]1O[C@H](CO)CC[C@H]1[C@H](c1ccccc1)N2. The standard InChI is InChI=1S/C23H29NO2/c1-23(2,3)16-9-12-20-19(13-16)22-18(11-10-17(14-25)26-22)21(24-20)15-7-5-4-6-8-15/h4-9,12-13,17-18,21-22,24-25H,10-11,14H2,1-3H3/t17-,18-,21-,22-/m0/s1. The molecule has 2 aliphatic heterocycles. The molecule has 0 unspecified atom stereocenters. The summed E-state index contributed by atoms with van der Waals surface area (Å²) < 4.78 is 6.40. The monoisotopic (exact) mass is 351 g/mol. The van der Waals surface area contributed by atoms with Gasteiger partial charge in [-0.05, 0) is 35.4 Å². The van der Waals surface area contributed by atoms with Crippen LogP contribution in [0.1, 0.15) is 62.4 Å². The van der Waals surface area contributed by atoms with Gasteiger partial charge in [0, 0.05) is 17.2 Å². The fraction of sp³-hybridized carbons (Fsp3) is 0.478. The molecule has 138 valence electrons. The lowest BCUT2D eigenvalue weighted by Crippen LogP contribution is -2.40. The van der Waals surface area contributed by atoms with E-state index in [1.165, 1.54) is 16.7 Å². The van der Waals surface area contributed by atoms with E-state index in [0.29, 0.717) is 5.92 Å². The third-order valence-corrected chi connectivity index (χ3v) is 5.88. The van der Waals surface area contributed by atoms with E-state index >= 15 is 0 Å². The molecule has 0 bridgehead atoms. The van der Waals surface area contributed by atoms with Gasteiger partial charge in [0.15, 0.2) is 0 Å². The van der Waals surface area contributed by atoms with Crippen LogP contribution in [0, 0.1) is 5.92 Å². The Morgan fingerprint density at radius 2 is 1.85 bits per heavy atom. The highest BCUT2D eigenvalue weighted by atomic mass is 16.5. The van der Waals surface area contributed by atoms with E-state index in [-0.39, 0.29) is 30.3 Å². The van der Waals surface area contributed by atoms with Crippen LogP contribution in [0.4, 0.5) is 5.69 Å². The molecule has 1 saturated heterocycles. The third-order valence-electron chi connectivity index (χ3n) is 5.88. The highest BCUT2D eigenvalue weighted by molar-refractivity contribution is 5.59. The Balaban J connectivity index is 1.77. The molecule has 2 aromatic rings. The predicted molar refractivity (Wildman–Crippen MR) is 105 cm³/mol. The van der Waals surface area contributed by atoms with Gasteiger partial charge in [0.05, 0.1) is 24.9 Å². The van der Waals surface area contributed by atoms with E-state index < -0.39 is 0 Å². The van der Waals surface area contributed by atoms with Gasteiger partial charge in [0.25, 0.3) is 0 Å². The fourth-order valence-corrected chi connectivity index (χ4v) is 4.35. The predicted octanol–water partition coefficient (Wildman–Crippen LogP) is 4.98. The molecule has 0 aromatic heterocycles. The Hall–Kier alpha value is -1.84. The molecule has 1 fully saturated rings. The van der Waals surface area contributed by atoms with Crippen molar-refractivity contribution in [2.75, 3.05) is 11.9 Å². The summed E-state index contributed by atoms with van der Waals surface area (Å²) in [5, 5.41) is 13.4. The molecule has 0 amide bonds. The zero-order valence-electron chi connectivity index (χ0n) is 15.9. The van der Waals surface area contributed by atoms with Crippen LogP contribution >= 0.6 is 0 Å². The Morgan fingerprint density at radius 1 is 1.08 bits per heavy atom. The number of benzene rings is 2. The van der Waals surface area contributed by atoms with Gasteiger partial charge < -0.3 is 15.2 Å². The van der Waals surface area contributed by atoms with Crippen LogP contribution in [0.2, 0.25) is 0 Å². The molecular formula is C23H29NO2. The molecule has 0 aliphatic carbocycles. The van der Waals surface area contributed by atoms with Crippen LogP contribution in [0.3, 0.4) is 0 Å². The molecule has 3 nitrogen and oxygen atoms in total. The third kappa shape index (κ3) is 3.15. The Bertz CT molecular complexity index is 766. The van der Waals surface area contributed by atoms with Crippen LogP contribution in [-0.2, 0) is 10.2 Å². The molecule has 2 aliphatic rings. The van der Waals surface area contributed by atoms with E-state index in [2.05, 4.69) is 74.6 Å². The summed E-state index contributed by atoms with van der Waals surface area (Å²) in [6, 6.07) is 17.6. The molecule has 0 saturated carbocycles. The van der Waals surface area contributed by atoms with Crippen molar-refractivity contribution >= 4 is 5.69 Å². The van der Waals surface area contributed by atoms with Crippen molar-refractivity contribution in [3.8, 4) is 0 Å². The maximum atomic E-state index is 9.66. The minimum Gasteiger partial charge on any atom is -0.394 e. The minimum atomic E-state index is -0.0584. The quantitative estimate of drug-likeness (QED) is 0.802. The Labute approximate surface area is 156 Å². The maximum Gasteiger partial charge on any atom is 0.0900 e. The highest BCUT2D eigenvalue weighted by Gasteiger charge is 2.42. The lowest BCUT2D eigenvalue weighted by atomic mass is 9.75. The van der Waals surface area contributed by atoms with Gasteiger partial charge in [-0.1, -0.05) is 63.2 Å². The van der Waals surface area contributed by atoms with Crippen LogP contribution < -0.4 is 5.32 Å². The van der Waals surface area contributed by atoms with Crippen LogP contribution in [0.15, 0.2) is 48.5 Å². The van der Waals surface area contributed by atoms with Crippen molar-refractivity contribution in [3.05, 3.63) is 65.2 Å². The molecule has 26 heavy (non-hydrogen) atoms. The van der Waals surface area contributed by atoms with Crippen molar-refractivity contribution in [2.24, 2.45) is 5.92 Å². The van der Waals surface area contributed by atoms with Gasteiger partial charge in [-0.2, -0.15) is 0 Å². The van der Waals surface area contributed by atoms with Crippen molar-refractivity contribution in [1.29, 1.82) is 0 Å². The van der Waals surface area contributed by atoms with Crippen molar-refractivity contribution in [1.82, 2.24) is 0 Å². The first-order valence-corrected chi connectivity index (χ1v) is 9.69. The molecule has 4 atom stereocenters. The zero-order valence-corrected chi connectivity index (χ0v) is 15.9. The number of fused-ring (bicyclic) bond motifs is 3. The lowest BCUT2D eigenvalue weighted by molar-refractivity contribution is -0.110. The number of rotatable bonds is 2. The van der Waals surface area contributed by atoms with Crippen molar-refractivity contribution < 1.29 is 9.84 Å². The summed E-state index contributed by atoms with van der Waals surface area (Å²) in [6.45, 7) is 6.83. The fourth-order valence-electron chi connectivity index (χ4n) is 4.35. The second-order valence-corrected chi connectivity index (χ2v) is 8.69. The average molecular weight is 351 g/mol. The summed E-state index contributed by atoms with van der Waals surface area (Å²) in [7, 11) is 0. The van der Waals surface area contributed by atoms with Crippen LogP contribution in [0.25, 0.3) is 0 Å². The molecule has 2 N–H and O–H groups in total. The smallest absolute Gasteiger partial charge is 0.0900 e. The number of ether oxygens (including phenoxy) is 1. The Morgan fingerprint density at radius 3 is 2.54 bits per heavy atom. The summed E-state index contributed by atoms with van der Waals surface area (Å²) in [5.74, 6) is 0.378. The van der Waals surface area contributed by atoms with Gasteiger partial charge >= 0.3 is 0 Å². The molecule has 4 rings (SSSR count). The topological polar surface area (TPSA) is 41.5 Å². The normalized spacial score (nSPS) is 28.0. The first-order chi connectivity index (χ1) is 12.5. The van der Waals surface area contributed by atoms with Gasteiger partial charge in [-0.3, -0.25) is 0 Å². The van der Waals surface area contributed by atoms with E-state index in [0.717, 1.165) is 18.5 Å². The average Bonchev–Trinajstić information content (AvgIpc) is 2.66. The number of aliphatic hydroxyl groups excluding tert-OH is 1. The van der Waals surface area contributed by atoms with Crippen LogP contribution in [-0.4, -0.2) is 17.8 Å². The van der Waals surface area contributed by atoms with Crippen molar-refractivity contribution in [2.45, 2.75) is 57.3 Å². The van der Waals surface area contributed by atoms with E-state index in [4.69, 9.17) is 4.74 Å². The molecular weight excluding hydrogens is 322 g/mol. The minimum absolute atomic E-state index is 0.0321. The van der Waals surface area contributed by atoms with Crippen molar-refractivity contribution in [3.63, 3.8) is 0 Å². The molecule has 2 heterocycles. The molecule has 2 aromatic carbocycles. The largest absolute Gasteiger partial charge is 0.394 e. The molecule has 3 heteroatoms. The number of nitrogens with one attached hydrogen (secondary N) is 1. The summed E-state index contributed by atoms with van der Waals surface area (Å²) >= 11 is 0. The van der Waals surface area contributed by atoms with E-state index in [1.54, 1.807) is 0 Å². The second-order valence-electron chi connectivity index (χ2n) is 8.69. The summed E-state index contributed by atoms with van der Waals surface area (Å²) in [6.07, 6.45) is 1.94. The number of hydrogen-bond acceptors (Lipinski definition) is 3. The highest BCUT2D eigenvalue weighted by Crippen LogP contribution is 2.50. The first-order valence-electron chi connectivity index (χ1n) is 9.69. The maximum absolute atomic E-state index is 9.66. The number of anilines is 1. The van der Waals surface area contributed by atoms with Gasteiger partial charge in [0.2, 0.25) is 0 Å². The Kier molecular flexibility index (Phi) is 4.54. The van der Waals surface area contributed by atoms with Gasteiger partial charge in [-0.15, -0.1) is 0 Å². The van der Waals surface area contributed by atoms with Gasteiger partial charge in [-0.25, -0.2) is 0 Å². The zero-order chi connectivity index (χ0) is 18.3. The lowest BCUT2D eigenvalue weighted by Gasteiger charge is -2.45. The van der Waals surface area contributed by atoms with Gasteiger partial charge in [0.1, 0.15) is 0 Å². The molecule has 0 radical (unpaired) electrons. The molecule has 0 spiro atoms. The van der Waals surface area contributed by atoms with E-state index in [9.17, 15) is 5.11 Å². The second kappa shape index (κ2) is 6.71. The first kappa shape index (κ1) is 17.6. The van der Waals surface area contributed by atoms with Crippen LogP contribution in [0.5, 0.6) is 0 Å². The summed E-state index contributed by atoms with van der Waals surface area (Å²) in [5.41, 5.74) is 5.13.